The van der Waals surface area contributed by atoms with Gasteiger partial charge in [0, 0.05) is 33.0 Å². The average Bonchev–Trinajstić information content (AvgIpc) is 3.60. The molecule has 0 amide bonds. The second kappa shape index (κ2) is 10.3. The number of para-hydroxylation sites is 3. The minimum atomic E-state index is -0.226. The molecule has 0 spiro atoms. The summed E-state index contributed by atoms with van der Waals surface area (Å²) in [7, 11) is 0. The Bertz CT molecular complexity index is 2640. The fraction of sp³-hybridized carbons (Fsp3) is 0.125. The van der Waals surface area contributed by atoms with E-state index in [0.717, 1.165) is 0 Å². The molecule has 50 heavy (non-hydrogen) atoms. The third-order valence-corrected chi connectivity index (χ3v) is 11.6. The summed E-state index contributed by atoms with van der Waals surface area (Å²) in [5.41, 5.74) is 17.7. The second-order valence-electron chi connectivity index (χ2n) is 15.0. The van der Waals surface area contributed by atoms with Crippen molar-refractivity contribution in [2.24, 2.45) is 0 Å². The topological polar surface area (TPSA) is 8.17 Å². The predicted molar refractivity (Wildman–Crippen MR) is 211 cm³/mol. The van der Waals surface area contributed by atoms with E-state index in [0.29, 0.717) is 0 Å². The first-order valence-corrected chi connectivity index (χ1v) is 17.7. The van der Waals surface area contributed by atoms with Crippen molar-refractivity contribution in [3.05, 3.63) is 180 Å². The number of aromatic nitrogens is 1. The van der Waals surface area contributed by atoms with Crippen molar-refractivity contribution in [1.82, 2.24) is 4.57 Å². The highest BCUT2D eigenvalue weighted by Gasteiger charge is 2.42. The van der Waals surface area contributed by atoms with Gasteiger partial charge in [-0.25, -0.2) is 0 Å². The summed E-state index contributed by atoms with van der Waals surface area (Å²) in [4.78, 5) is 2.50. The molecule has 2 heterocycles. The molecule has 1 aromatic heterocycles. The third-order valence-electron chi connectivity index (χ3n) is 11.6. The van der Waals surface area contributed by atoms with Gasteiger partial charge in [-0.1, -0.05) is 119 Å². The number of fused-ring (bicyclic) bond motifs is 8. The molecule has 0 saturated carbocycles. The summed E-state index contributed by atoms with van der Waals surface area (Å²) in [6.45, 7) is 9.57. The van der Waals surface area contributed by atoms with E-state index < -0.39 is 0 Å². The van der Waals surface area contributed by atoms with Gasteiger partial charge in [-0.05, 0) is 111 Å². The zero-order chi connectivity index (χ0) is 33.8. The zero-order valence-corrected chi connectivity index (χ0v) is 28.9. The van der Waals surface area contributed by atoms with Crippen LogP contribution in [0.5, 0.6) is 0 Å². The lowest BCUT2D eigenvalue weighted by Gasteiger charge is -2.43. The summed E-state index contributed by atoms with van der Waals surface area (Å²) in [6, 6.07) is 58.4. The quantitative estimate of drug-likeness (QED) is 0.186. The minimum absolute atomic E-state index is 0.0696. The van der Waals surface area contributed by atoms with Crippen LogP contribution in [0.15, 0.2) is 158 Å². The Balaban J connectivity index is 1.18. The fourth-order valence-electron chi connectivity index (χ4n) is 8.97. The lowest BCUT2D eigenvalue weighted by Crippen LogP contribution is -2.31. The van der Waals surface area contributed by atoms with E-state index in [2.05, 4.69) is 195 Å². The molecule has 1 aliphatic heterocycles. The van der Waals surface area contributed by atoms with Gasteiger partial charge in [0.2, 0.25) is 0 Å². The van der Waals surface area contributed by atoms with Crippen molar-refractivity contribution in [3.63, 3.8) is 0 Å². The molecule has 2 aliphatic rings. The Kier molecular flexibility index (Phi) is 6.01. The largest absolute Gasteiger partial charge is 0.310 e. The maximum Gasteiger partial charge on any atom is 0.0541 e. The Hall–Kier alpha value is -5.86. The van der Waals surface area contributed by atoms with Crippen molar-refractivity contribution in [1.29, 1.82) is 0 Å². The molecular formula is C48H38N2. The Labute approximate surface area is 293 Å². The summed E-state index contributed by atoms with van der Waals surface area (Å²) in [5.74, 6) is 0. The van der Waals surface area contributed by atoms with Crippen LogP contribution in [0.1, 0.15) is 49.9 Å². The number of benzene rings is 7. The van der Waals surface area contributed by atoms with Crippen LogP contribution in [0.2, 0.25) is 0 Å². The molecule has 0 unspecified atom stereocenters. The first-order chi connectivity index (χ1) is 24.3. The van der Waals surface area contributed by atoms with E-state index in [1.165, 1.54) is 89.1 Å². The SMILES string of the molecule is CC1(C)c2ccccc2-c2cc3c(cc21)N(c1ccccc1)c1ccc(-c2ccc4c(c2)c2ccccc2n4-c2ccccc2)cc1C3(C)C. The van der Waals surface area contributed by atoms with Gasteiger partial charge in [-0.2, -0.15) is 0 Å². The van der Waals surface area contributed by atoms with Crippen LogP contribution >= 0.6 is 0 Å². The first kappa shape index (κ1) is 29.1. The molecule has 0 fully saturated rings. The van der Waals surface area contributed by atoms with Crippen LogP contribution in [0.25, 0.3) is 49.7 Å². The Morgan fingerprint density at radius 1 is 0.380 bits per heavy atom. The summed E-state index contributed by atoms with van der Waals surface area (Å²) >= 11 is 0. The monoisotopic (exact) mass is 642 g/mol. The lowest BCUT2D eigenvalue weighted by atomic mass is 9.71. The highest BCUT2D eigenvalue weighted by molar-refractivity contribution is 6.10. The highest BCUT2D eigenvalue weighted by Crippen LogP contribution is 2.57. The molecule has 2 nitrogen and oxygen atoms in total. The van der Waals surface area contributed by atoms with Crippen molar-refractivity contribution in [2.45, 2.75) is 38.5 Å². The summed E-state index contributed by atoms with van der Waals surface area (Å²) < 4.78 is 2.39. The van der Waals surface area contributed by atoms with Crippen LogP contribution in [-0.4, -0.2) is 4.57 Å². The minimum Gasteiger partial charge on any atom is -0.310 e. The second-order valence-corrected chi connectivity index (χ2v) is 15.0. The molecule has 0 saturated heterocycles. The van der Waals surface area contributed by atoms with Gasteiger partial charge < -0.3 is 9.47 Å². The van der Waals surface area contributed by atoms with Gasteiger partial charge in [0.05, 0.1) is 22.4 Å². The van der Waals surface area contributed by atoms with Crippen LogP contribution in [0.3, 0.4) is 0 Å². The molecular weight excluding hydrogens is 605 g/mol. The van der Waals surface area contributed by atoms with E-state index in [1.54, 1.807) is 0 Å². The van der Waals surface area contributed by atoms with Crippen LogP contribution < -0.4 is 4.90 Å². The van der Waals surface area contributed by atoms with E-state index in [9.17, 15) is 0 Å². The lowest BCUT2D eigenvalue weighted by molar-refractivity contribution is 0.627. The van der Waals surface area contributed by atoms with Crippen LogP contribution in [0.4, 0.5) is 17.1 Å². The highest BCUT2D eigenvalue weighted by atomic mass is 15.2. The Morgan fingerprint density at radius 2 is 0.980 bits per heavy atom. The molecule has 1 aliphatic carbocycles. The number of anilines is 3. The van der Waals surface area contributed by atoms with E-state index >= 15 is 0 Å². The standard InChI is InChI=1S/C48H38N2/c1-47(2)39-21-13-11-19-35(39)37-29-42-46(30-40(37)47)50(34-17-9-6-10-18-34)45-26-24-32(28-41(45)48(42,3)4)31-23-25-44-38(27-31)36-20-12-14-22-43(36)49(44)33-15-7-5-8-16-33/h5-30H,1-4H3. The number of hydrogen-bond donors (Lipinski definition) is 0. The molecule has 0 radical (unpaired) electrons. The predicted octanol–water partition coefficient (Wildman–Crippen LogP) is 12.9. The maximum atomic E-state index is 2.51. The number of nitrogens with zero attached hydrogens (tertiary/aromatic N) is 2. The van der Waals surface area contributed by atoms with Gasteiger partial charge in [0.25, 0.3) is 0 Å². The first-order valence-electron chi connectivity index (χ1n) is 17.7. The number of rotatable bonds is 3. The third kappa shape index (κ3) is 3.96. The van der Waals surface area contributed by atoms with E-state index in [-0.39, 0.29) is 10.8 Å². The zero-order valence-electron chi connectivity index (χ0n) is 28.9. The van der Waals surface area contributed by atoms with Crippen LogP contribution in [0, 0.1) is 0 Å². The normalized spacial score (nSPS) is 15.1. The van der Waals surface area contributed by atoms with E-state index in [4.69, 9.17) is 0 Å². The molecule has 0 N–H and O–H groups in total. The van der Waals surface area contributed by atoms with Crippen molar-refractivity contribution >= 4 is 38.9 Å². The molecule has 8 aromatic rings. The molecule has 2 heteroatoms. The van der Waals surface area contributed by atoms with Crippen molar-refractivity contribution in [2.75, 3.05) is 4.90 Å². The fourth-order valence-corrected chi connectivity index (χ4v) is 8.97. The molecule has 7 aromatic carbocycles. The smallest absolute Gasteiger partial charge is 0.0541 e. The van der Waals surface area contributed by atoms with E-state index in [1.807, 2.05) is 0 Å². The molecule has 0 atom stereocenters. The van der Waals surface area contributed by atoms with Gasteiger partial charge in [-0.15, -0.1) is 0 Å². The maximum absolute atomic E-state index is 2.51. The van der Waals surface area contributed by atoms with Gasteiger partial charge >= 0.3 is 0 Å². The average molecular weight is 643 g/mol. The summed E-state index contributed by atoms with van der Waals surface area (Å²) in [6.07, 6.45) is 0. The van der Waals surface area contributed by atoms with Crippen LogP contribution in [-0.2, 0) is 10.8 Å². The summed E-state index contributed by atoms with van der Waals surface area (Å²) in [5, 5.41) is 2.54. The van der Waals surface area contributed by atoms with Gasteiger partial charge in [0.1, 0.15) is 0 Å². The number of hydrogen-bond acceptors (Lipinski definition) is 1. The molecule has 0 bridgehead atoms. The Morgan fingerprint density at radius 3 is 1.78 bits per heavy atom. The van der Waals surface area contributed by atoms with Gasteiger partial charge in [-0.3, -0.25) is 0 Å². The molecule has 10 rings (SSSR count). The van der Waals surface area contributed by atoms with Crippen molar-refractivity contribution in [3.8, 4) is 27.9 Å². The van der Waals surface area contributed by atoms with Gasteiger partial charge in [0.15, 0.2) is 0 Å². The van der Waals surface area contributed by atoms with Crippen molar-refractivity contribution < 1.29 is 0 Å². The molecule has 240 valence electrons.